The first-order valence-corrected chi connectivity index (χ1v) is 10.0. The van der Waals surface area contributed by atoms with Crippen LogP contribution in [0.1, 0.15) is 29.8 Å². The number of nitrogens with zero attached hydrogens (tertiary/aromatic N) is 3. The van der Waals surface area contributed by atoms with E-state index < -0.39 is 28.3 Å². The Bertz CT molecular complexity index is 1170. The monoisotopic (exact) mass is 475 g/mol. The van der Waals surface area contributed by atoms with Crippen LogP contribution in [0.3, 0.4) is 0 Å². The Morgan fingerprint density at radius 3 is 1.94 bits per heavy atom. The lowest BCUT2D eigenvalue weighted by molar-refractivity contribution is -0.383. The molecule has 0 amide bonds. The third-order valence-electron chi connectivity index (χ3n) is 4.41. The third kappa shape index (κ3) is 6.18. The van der Waals surface area contributed by atoms with Gasteiger partial charge in [-0.05, 0) is 54.4 Å². The minimum Gasteiger partial charge on any atom is -0.462 e. The van der Waals surface area contributed by atoms with E-state index in [0.29, 0.717) is 11.3 Å². The number of carbonyl (C=O) groups is 1. The molecule has 0 spiro atoms. The molecule has 0 saturated carbocycles. The van der Waals surface area contributed by atoms with Crippen LogP contribution >= 0.6 is 0 Å². The van der Waals surface area contributed by atoms with Gasteiger partial charge in [0.1, 0.15) is 6.33 Å². The quantitative estimate of drug-likeness (QED) is 0.242. The Balaban J connectivity index is 1.80. The van der Waals surface area contributed by atoms with Crippen LogP contribution in [0.25, 0.3) is 0 Å². The fraction of sp³-hybridized carbons (Fsp3) is 0.227. The SMILES string of the molecule is CC(C)COC(=O)c1ccc(Nc2ncnc(Nc3ccc(C(F)(F)F)cc3)c2[N+](=O)[O-])cc1. The molecule has 34 heavy (non-hydrogen) atoms. The predicted molar refractivity (Wildman–Crippen MR) is 118 cm³/mol. The fourth-order valence-corrected chi connectivity index (χ4v) is 2.77. The second kappa shape index (κ2) is 10.1. The lowest BCUT2D eigenvalue weighted by atomic mass is 10.2. The number of rotatable bonds is 8. The van der Waals surface area contributed by atoms with Crippen LogP contribution in [0.4, 0.5) is 41.9 Å². The molecule has 0 aliphatic heterocycles. The molecule has 3 aromatic rings. The number of hydrogen-bond acceptors (Lipinski definition) is 8. The van der Waals surface area contributed by atoms with Crippen molar-refractivity contribution in [3.63, 3.8) is 0 Å². The molecule has 1 aromatic heterocycles. The Morgan fingerprint density at radius 2 is 1.50 bits per heavy atom. The van der Waals surface area contributed by atoms with Gasteiger partial charge in [-0.3, -0.25) is 10.1 Å². The summed E-state index contributed by atoms with van der Waals surface area (Å²) < 4.78 is 43.4. The molecule has 0 atom stereocenters. The van der Waals surface area contributed by atoms with Crippen LogP contribution in [-0.4, -0.2) is 27.5 Å². The molecular formula is C22H20F3N5O4. The molecule has 0 fully saturated rings. The van der Waals surface area contributed by atoms with E-state index in [1.807, 2.05) is 13.8 Å². The number of alkyl halides is 3. The number of carbonyl (C=O) groups excluding carboxylic acids is 1. The minimum atomic E-state index is -4.50. The first kappa shape index (κ1) is 24.4. The number of nitro groups is 1. The molecular weight excluding hydrogens is 455 g/mol. The molecule has 2 aromatic carbocycles. The van der Waals surface area contributed by atoms with Crippen molar-refractivity contribution in [3.05, 3.63) is 76.1 Å². The lowest BCUT2D eigenvalue weighted by Crippen LogP contribution is -2.10. The van der Waals surface area contributed by atoms with E-state index in [1.165, 1.54) is 24.3 Å². The van der Waals surface area contributed by atoms with Crippen LogP contribution in [0.5, 0.6) is 0 Å². The molecule has 12 heteroatoms. The summed E-state index contributed by atoms with van der Waals surface area (Å²) in [7, 11) is 0. The van der Waals surface area contributed by atoms with Gasteiger partial charge < -0.3 is 15.4 Å². The Hall–Kier alpha value is -4.22. The lowest BCUT2D eigenvalue weighted by Gasteiger charge is -2.12. The number of hydrogen-bond donors (Lipinski definition) is 2. The molecule has 3 rings (SSSR count). The average molecular weight is 475 g/mol. The van der Waals surface area contributed by atoms with Crippen LogP contribution in [0.15, 0.2) is 54.9 Å². The first-order valence-electron chi connectivity index (χ1n) is 10.0. The van der Waals surface area contributed by atoms with Crippen molar-refractivity contribution in [3.8, 4) is 0 Å². The van der Waals surface area contributed by atoms with Crippen molar-refractivity contribution in [2.75, 3.05) is 17.2 Å². The third-order valence-corrected chi connectivity index (χ3v) is 4.41. The van der Waals surface area contributed by atoms with E-state index in [-0.39, 0.29) is 29.8 Å². The van der Waals surface area contributed by atoms with Gasteiger partial charge in [0, 0.05) is 11.4 Å². The molecule has 0 unspecified atom stereocenters. The van der Waals surface area contributed by atoms with Gasteiger partial charge in [0.05, 0.1) is 22.7 Å². The van der Waals surface area contributed by atoms with Crippen molar-refractivity contribution in [1.82, 2.24) is 9.97 Å². The van der Waals surface area contributed by atoms with Crippen molar-refractivity contribution in [2.24, 2.45) is 5.92 Å². The Morgan fingerprint density at radius 1 is 1.00 bits per heavy atom. The summed E-state index contributed by atoms with van der Waals surface area (Å²) in [5.74, 6) is -0.662. The van der Waals surface area contributed by atoms with Gasteiger partial charge >= 0.3 is 17.8 Å². The maximum atomic E-state index is 12.8. The highest BCUT2D eigenvalue weighted by molar-refractivity contribution is 5.90. The van der Waals surface area contributed by atoms with E-state index in [1.54, 1.807) is 0 Å². The van der Waals surface area contributed by atoms with E-state index in [4.69, 9.17) is 4.74 Å². The summed E-state index contributed by atoms with van der Waals surface area (Å²) in [5.41, 5.74) is -0.474. The maximum absolute atomic E-state index is 12.8. The molecule has 0 aliphatic carbocycles. The standard InChI is InChI=1S/C22H20F3N5O4/c1-13(2)11-34-21(31)14-3-7-16(8-4-14)28-19-18(30(32)33)20(27-12-26-19)29-17-9-5-15(6-10-17)22(23,24)25/h3-10,12-13H,11H2,1-2H3,(H2,26,27,28,29). The second-order valence-corrected chi connectivity index (χ2v) is 7.57. The molecule has 0 bridgehead atoms. The number of anilines is 4. The average Bonchev–Trinajstić information content (AvgIpc) is 2.77. The zero-order chi connectivity index (χ0) is 24.9. The van der Waals surface area contributed by atoms with Crippen LogP contribution < -0.4 is 10.6 Å². The number of nitrogens with one attached hydrogen (secondary N) is 2. The van der Waals surface area contributed by atoms with Gasteiger partial charge in [0.2, 0.25) is 11.6 Å². The van der Waals surface area contributed by atoms with Crippen molar-refractivity contribution in [1.29, 1.82) is 0 Å². The molecule has 0 radical (unpaired) electrons. The summed E-state index contributed by atoms with van der Waals surface area (Å²) >= 11 is 0. The summed E-state index contributed by atoms with van der Waals surface area (Å²) in [4.78, 5) is 30.8. The molecule has 1 heterocycles. The molecule has 178 valence electrons. The van der Waals surface area contributed by atoms with Crippen molar-refractivity contribution < 1.29 is 27.6 Å². The van der Waals surface area contributed by atoms with Crippen molar-refractivity contribution in [2.45, 2.75) is 20.0 Å². The van der Waals surface area contributed by atoms with Gasteiger partial charge in [-0.1, -0.05) is 13.8 Å². The fourth-order valence-electron chi connectivity index (χ4n) is 2.77. The van der Waals surface area contributed by atoms with Gasteiger partial charge in [0.15, 0.2) is 0 Å². The Kier molecular flexibility index (Phi) is 7.29. The van der Waals surface area contributed by atoms with Gasteiger partial charge in [-0.15, -0.1) is 0 Å². The highest BCUT2D eigenvalue weighted by Gasteiger charge is 2.30. The largest absolute Gasteiger partial charge is 0.462 e. The second-order valence-electron chi connectivity index (χ2n) is 7.57. The predicted octanol–water partition coefficient (Wildman–Crippen LogP) is 5.70. The number of ether oxygens (including phenoxy) is 1. The summed E-state index contributed by atoms with van der Waals surface area (Å²) in [6.07, 6.45) is -3.43. The topological polar surface area (TPSA) is 119 Å². The Labute approximate surface area is 192 Å². The number of aromatic nitrogens is 2. The van der Waals surface area contributed by atoms with E-state index in [2.05, 4.69) is 20.6 Å². The highest BCUT2D eigenvalue weighted by Crippen LogP contribution is 2.34. The van der Waals surface area contributed by atoms with Crippen LogP contribution in [0.2, 0.25) is 0 Å². The van der Waals surface area contributed by atoms with E-state index >= 15 is 0 Å². The number of halogens is 3. The van der Waals surface area contributed by atoms with Crippen LogP contribution in [-0.2, 0) is 10.9 Å². The van der Waals surface area contributed by atoms with Gasteiger partial charge in [-0.25, -0.2) is 14.8 Å². The smallest absolute Gasteiger partial charge is 0.416 e. The molecule has 0 aliphatic rings. The minimum absolute atomic E-state index is 0.149. The zero-order valence-electron chi connectivity index (χ0n) is 18.1. The zero-order valence-corrected chi connectivity index (χ0v) is 18.1. The number of benzene rings is 2. The van der Waals surface area contributed by atoms with Gasteiger partial charge in [0.25, 0.3) is 0 Å². The first-order chi connectivity index (χ1) is 16.0. The molecule has 9 nitrogen and oxygen atoms in total. The maximum Gasteiger partial charge on any atom is 0.416 e. The summed E-state index contributed by atoms with van der Waals surface area (Å²) in [5, 5.41) is 17.2. The van der Waals surface area contributed by atoms with Crippen LogP contribution in [0, 0.1) is 16.0 Å². The summed E-state index contributed by atoms with van der Waals surface area (Å²) in [6, 6.07) is 10.0. The molecule has 0 saturated heterocycles. The summed E-state index contributed by atoms with van der Waals surface area (Å²) in [6.45, 7) is 4.10. The normalized spacial score (nSPS) is 11.2. The van der Waals surface area contributed by atoms with E-state index in [0.717, 1.165) is 30.6 Å². The number of esters is 1. The molecule has 2 N–H and O–H groups in total. The van der Waals surface area contributed by atoms with E-state index in [9.17, 15) is 28.1 Å². The van der Waals surface area contributed by atoms with Crippen molar-refractivity contribution >= 4 is 34.7 Å². The highest BCUT2D eigenvalue weighted by atomic mass is 19.4. The van der Waals surface area contributed by atoms with Gasteiger partial charge in [-0.2, -0.15) is 13.2 Å².